The fourth-order valence-electron chi connectivity index (χ4n) is 3.91. The van der Waals surface area contributed by atoms with Crippen molar-refractivity contribution in [2.45, 2.75) is 78.5 Å². The van der Waals surface area contributed by atoms with E-state index in [4.69, 9.17) is 4.74 Å². The second-order valence-corrected chi connectivity index (χ2v) is 8.29. The minimum Gasteiger partial charge on any atom is -0.444 e. The fourth-order valence-corrected chi connectivity index (χ4v) is 3.91. The van der Waals surface area contributed by atoms with Crippen LogP contribution in [-0.4, -0.2) is 35.7 Å². The molecular weight excluding hydrogens is 324 g/mol. The Bertz CT molecular complexity index is 557. The number of hydrogen-bond donors (Lipinski definition) is 1. The molecule has 0 bridgehead atoms. The third-order valence-electron chi connectivity index (χ3n) is 5.48. The Hall–Kier alpha value is -1.55. The van der Waals surface area contributed by atoms with Gasteiger partial charge in [0.2, 0.25) is 0 Å². The zero-order valence-corrected chi connectivity index (χ0v) is 17.2. The quantitative estimate of drug-likeness (QED) is 0.826. The van der Waals surface area contributed by atoms with Crippen LogP contribution in [0.1, 0.15) is 65.9 Å². The molecular formula is C22H36N2O2. The number of ether oxygens (including phenoxy) is 1. The summed E-state index contributed by atoms with van der Waals surface area (Å²) in [5.41, 5.74) is 1.31. The molecule has 1 N–H and O–H groups in total. The molecule has 1 unspecified atom stereocenters. The van der Waals surface area contributed by atoms with Gasteiger partial charge in [0, 0.05) is 25.7 Å². The lowest BCUT2D eigenvalue weighted by atomic mass is 9.59. The Balaban J connectivity index is 0.00000117. The second kappa shape index (κ2) is 8.90. The van der Waals surface area contributed by atoms with E-state index < -0.39 is 5.60 Å². The molecule has 0 radical (unpaired) electrons. The molecule has 1 spiro atoms. The van der Waals surface area contributed by atoms with Gasteiger partial charge in [-0.15, -0.1) is 0 Å². The highest BCUT2D eigenvalue weighted by molar-refractivity contribution is 5.68. The van der Waals surface area contributed by atoms with E-state index in [-0.39, 0.29) is 6.09 Å². The molecule has 1 atom stereocenters. The van der Waals surface area contributed by atoms with Crippen molar-refractivity contribution >= 4 is 6.09 Å². The van der Waals surface area contributed by atoms with Crippen LogP contribution >= 0.6 is 0 Å². The number of nitrogens with one attached hydrogen (secondary N) is 1. The molecule has 26 heavy (non-hydrogen) atoms. The third kappa shape index (κ3) is 5.23. The summed E-state index contributed by atoms with van der Waals surface area (Å²) < 4.78 is 5.50. The van der Waals surface area contributed by atoms with E-state index in [1.165, 1.54) is 18.4 Å². The van der Waals surface area contributed by atoms with E-state index in [9.17, 15) is 4.79 Å². The van der Waals surface area contributed by atoms with Crippen molar-refractivity contribution < 1.29 is 9.53 Å². The first-order valence-electron chi connectivity index (χ1n) is 10.1. The number of carbonyl (C=O) groups is 1. The van der Waals surface area contributed by atoms with Crippen molar-refractivity contribution in [3.05, 3.63) is 35.9 Å². The Labute approximate surface area is 159 Å². The van der Waals surface area contributed by atoms with Gasteiger partial charge in [0.15, 0.2) is 0 Å². The van der Waals surface area contributed by atoms with E-state index in [2.05, 4.69) is 35.6 Å². The van der Waals surface area contributed by atoms with E-state index >= 15 is 0 Å². The van der Waals surface area contributed by atoms with Gasteiger partial charge in [-0.2, -0.15) is 0 Å². The highest BCUT2D eigenvalue weighted by Crippen LogP contribution is 2.49. The zero-order chi connectivity index (χ0) is 19.2. The van der Waals surface area contributed by atoms with Crippen molar-refractivity contribution in [2.75, 3.05) is 13.1 Å². The maximum absolute atomic E-state index is 12.2. The minimum atomic E-state index is -0.414. The molecule has 4 nitrogen and oxygen atoms in total. The molecule has 1 aromatic carbocycles. The summed E-state index contributed by atoms with van der Waals surface area (Å²) in [6, 6.07) is 11.2. The van der Waals surface area contributed by atoms with Gasteiger partial charge in [-0.3, -0.25) is 0 Å². The van der Waals surface area contributed by atoms with Gasteiger partial charge in [0.05, 0.1) is 0 Å². The molecule has 3 rings (SSSR count). The molecule has 2 fully saturated rings. The summed E-state index contributed by atoms with van der Waals surface area (Å²) in [4.78, 5) is 14.1. The number of piperidine rings is 1. The molecule has 146 valence electrons. The zero-order valence-electron chi connectivity index (χ0n) is 17.2. The topological polar surface area (TPSA) is 41.6 Å². The Morgan fingerprint density at radius 3 is 2.27 bits per heavy atom. The molecule has 1 aromatic rings. The predicted octanol–water partition coefficient (Wildman–Crippen LogP) is 4.98. The van der Waals surface area contributed by atoms with Crippen molar-refractivity contribution in [1.82, 2.24) is 10.2 Å². The molecule has 1 amide bonds. The summed E-state index contributed by atoms with van der Waals surface area (Å²) >= 11 is 0. The smallest absolute Gasteiger partial charge is 0.410 e. The number of rotatable bonds is 3. The van der Waals surface area contributed by atoms with Gasteiger partial charge in [0.1, 0.15) is 5.60 Å². The second-order valence-electron chi connectivity index (χ2n) is 8.29. The minimum absolute atomic E-state index is 0.162. The summed E-state index contributed by atoms with van der Waals surface area (Å²) in [7, 11) is 0. The number of benzene rings is 1. The van der Waals surface area contributed by atoms with Crippen molar-refractivity contribution in [1.29, 1.82) is 0 Å². The van der Waals surface area contributed by atoms with Crippen LogP contribution < -0.4 is 5.32 Å². The van der Waals surface area contributed by atoms with Crippen molar-refractivity contribution in [3.8, 4) is 0 Å². The van der Waals surface area contributed by atoms with Crippen LogP contribution in [0.4, 0.5) is 4.79 Å². The summed E-state index contributed by atoms with van der Waals surface area (Å²) in [5, 5.41) is 3.74. The normalized spacial score (nSPS) is 21.4. The van der Waals surface area contributed by atoms with Crippen LogP contribution in [0.15, 0.2) is 30.3 Å². The van der Waals surface area contributed by atoms with Crippen LogP contribution in [0.25, 0.3) is 0 Å². The van der Waals surface area contributed by atoms with Crippen LogP contribution in [0.3, 0.4) is 0 Å². The number of nitrogens with zero attached hydrogens (tertiary/aromatic N) is 1. The molecule has 1 aliphatic heterocycles. The summed E-state index contributed by atoms with van der Waals surface area (Å²) in [6.45, 7) is 12.3. The van der Waals surface area contributed by atoms with Crippen molar-refractivity contribution in [3.63, 3.8) is 0 Å². The molecule has 1 saturated heterocycles. The highest BCUT2D eigenvalue weighted by atomic mass is 16.6. The number of hydrogen-bond acceptors (Lipinski definition) is 3. The molecule has 0 aromatic heterocycles. The lowest BCUT2D eigenvalue weighted by Gasteiger charge is -2.54. The molecule has 4 heteroatoms. The Kier molecular flexibility index (Phi) is 7.10. The average Bonchev–Trinajstić information content (AvgIpc) is 2.62. The van der Waals surface area contributed by atoms with E-state index in [1.54, 1.807) is 0 Å². The number of carbonyl (C=O) groups excluding carboxylic acids is 1. The van der Waals surface area contributed by atoms with Crippen LogP contribution in [-0.2, 0) is 11.3 Å². The van der Waals surface area contributed by atoms with E-state index in [0.717, 1.165) is 32.5 Å². The molecule has 1 heterocycles. The van der Waals surface area contributed by atoms with Gasteiger partial charge >= 0.3 is 6.09 Å². The predicted molar refractivity (Wildman–Crippen MR) is 107 cm³/mol. The third-order valence-corrected chi connectivity index (χ3v) is 5.48. The van der Waals surface area contributed by atoms with E-state index in [1.807, 2.05) is 39.5 Å². The standard InChI is InChI=1S/C20H30N2O2.C2H6/c1-19(2,3)24-18(23)22-13-11-20(12-14-22)10-9-17(20)21-15-16-7-5-4-6-8-16;1-2/h4-8,17,21H,9-15H2,1-3H3;1-2H3. The van der Waals surface area contributed by atoms with Crippen LogP contribution in [0.5, 0.6) is 0 Å². The van der Waals surface area contributed by atoms with Gasteiger partial charge in [0.25, 0.3) is 0 Å². The van der Waals surface area contributed by atoms with Gasteiger partial charge in [-0.05, 0) is 57.4 Å². The number of likely N-dealkylation sites (tertiary alicyclic amines) is 1. The lowest BCUT2D eigenvalue weighted by Crippen LogP contribution is -2.58. The first-order chi connectivity index (χ1) is 12.4. The van der Waals surface area contributed by atoms with E-state index in [0.29, 0.717) is 11.5 Å². The van der Waals surface area contributed by atoms with Crippen LogP contribution in [0, 0.1) is 5.41 Å². The highest BCUT2D eigenvalue weighted by Gasteiger charge is 2.48. The Morgan fingerprint density at radius 1 is 1.15 bits per heavy atom. The Morgan fingerprint density at radius 2 is 1.77 bits per heavy atom. The maximum atomic E-state index is 12.2. The lowest BCUT2D eigenvalue weighted by molar-refractivity contribution is -0.0240. The fraction of sp³-hybridized carbons (Fsp3) is 0.682. The number of amides is 1. The van der Waals surface area contributed by atoms with Gasteiger partial charge in [-0.25, -0.2) is 4.79 Å². The molecule has 1 aliphatic carbocycles. The summed E-state index contributed by atoms with van der Waals surface area (Å²) in [6.07, 6.45) is 4.53. The van der Waals surface area contributed by atoms with Crippen LogP contribution in [0.2, 0.25) is 0 Å². The maximum Gasteiger partial charge on any atom is 0.410 e. The van der Waals surface area contributed by atoms with Crippen molar-refractivity contribution in [2.24, 2.45) is 5.41 Å². The first-order valence-corrected chi connectivity index (χ1v) is 10.1. The average molecular weight is 361 g/mol. The monoisotopic (exact) mass is 360 g/mol. The largest absolute Gasteiger partial charge is 0.444 e. The van der Waals surface area contributed by atoms with Gasteiger partial charge < -0.3 is 15.0 Å². The van der Waals surface area contributed by atoms with Gasteiger partial charge in [-0.1, -0.05) is 44.2 Å². The molecule has 1 saturated carbocycles. The molecule has 2 aliphatic rings. The first kappa shape index (κ1) is 20.8. The summed E-state index contributed by atoms with van der Waals surface area (Å²) in [5.74, 6) is 0. The SMILES string of the molecule is CC.CC(C)(C)OC(=O)N1CCC2(CCC2NCc2ccccc2)CC1.